The number of amides is 3. The van der Waals surface area contributed by atoms with Crippen molar-refractivity contribution < 1.29 is 19.1 Å². The number of para-hydroxylation sites is 1. The van der Waals surface area contributed by atoms with Crippen LogP contribution in [0.1, 0.15) is 38.5 Å². The number of methoxy groups -OCH3 is 1. The van der Waals surface area contributed by atoms with Gasteiger partial charge >= 0.3 is 12.0 Å². The quantitative estimate of drug-likeness (QED) is 0.540. The average molecular weight is 375 g/mol. The highest BCUT2D eigenvalue weighted by Gasteiger charge is 2.27. The monoisotopic (exact) mass is 375 g/mol. The van der Waals surface area contributed by atoms with Crippen LogP contribution in [0, 0.1) is 5.92 Å². The van der Waals surface area contributed by atoms with Gasteiger partial charge in [0.05, 0.1) is 7.11 Å². The van der Waals surface area contributed by atoms with Crippen molar-refractivity contribution in [2.75, 3.05) is 32.1 Å². The number of carbonyl (C=O) groups is 3. The van der Waals surface area contributed by atoms with Gasteiger partial charge in [0.25, 0.3) is 0 Å². The third-order valence-electron chi connectivity index (χ3n) is 4.76. The van der Waals surface area contributed by atoms with Crippen molar-refractivity contribution in [1.29, 1.82) is 0 Å². The van der Waals surface area contributed by atoms with E-state index in [-0.39, 0.29) is 23.8 Å². The molecule has 1 heterocycles. The van der Waals surface area contributed by atoms with Crippen LogP contribution in [0.5, 0.6) is 0 Å². The summed E-state index contributed by atoms with van der Waals surface area (Å²) in [5.41, 5.74) is 0.773. The molecular weight excluding hydrogens is 346 g/mol. The van der Waals surface area contributed by atoms with E-state index in [0.717, 1.165) is 24.9 Å². The molecule has 1 aromatic rings. The van der Waals surface area contributed by atoms with E-state index in [9.17, 15) is 14.4 Å². The number of likely N-dealkylation sites (tertiary alicyclic amines) is 1. The smallest absolute Gasteiger partial charge is 0.321 e. The van der Waals surface area contributed by atoms with Crippen LogP contribution in [-0.2, 0) is 14.3 Å². The van der Waals surface area contributed by atoms with Crippen molar-refractivity contribution in [2.24, 2.45) is 5.92 Å². The van der Waals surface area contributed by atoms with E-state index in [4.69, 9.17) is 0 Å². The van der Waals surface area contributed by atoms with Crippen molar-refractivity contribution in [3.63, 3.8) is 0 Å². The Hall–Kier alpha value is -2.57. The Balaban J connectivity index is 1.60. The minimum absolute atomic E-state index is 0.0409. The number of benzene rings is 1. The summed E-state index contributed by atoms with van der Waals surface area (Å²) in [6.07, 6.45) is 4.28. The highest BCUT2D eigenvalue weighted by molar-refractivity contribution is 5.89. The molecule has 1 aromatic carbocycles. The zero-order chi connectivity index (χ0) is 19.5. The third-order valence-corrected chi connectivity index (χ3v) is 4.76. The number of nitrogens with zero attached hydrogens (tertiary/aromatic N) is 1. The second-order valence-electron chi connectivity index (χ2n) is 6.74. The number of anilines is 1. The number of ether oxygens (including phenoxy) is 1. The summed E-state index contributed by atoms with van der Waals surface area (Å²) in [6, 6.07) is 9.24. The van der Waals surface area contributed by atoms with Gasteiger partial charge in [-0.15, -0.1) is 0 Å². The Kier molecular flexibility index (Phi) is 8.61. The molecule has 1 aliphatic rings. The Bertz CT molecular complexity index is 613. The van der Waals surface area contributed by atoms with Crippen molar-refractivity contribution in [2.45, 2.75) is 38.5 Å². The highest BCUT2D eigenvalue weighted by atomic mass is 16.5. The molecular formula is C20H29N3O4. The van der Waals surface area contributed by atoms with Crippen molar-refractivity contribution in [3.8, 4) is 0 Å². The molecule has 7 nitrogen and oxygen atoms in total. The van der Waals surface area contributed by atoms with Crippen LogP contribution in [0.4, 0.5) is 10.5 Å². The summed E-state index contributed by atoms with van der Waals surface area (Å²) in [6.45, 7) is 1.78. The van der Waals surface area contributed by atoms with Crippen LogP contribution >= 0.6 is 0 Å². The first-order chi connectivity index (χ1) is 13.1. The number of rotatable bonds is 8. The number of unbranched alkanes of at least 4 members (excludes halogenated alkanes) is 2. The molecule has 148 valence electrons. The first-order valence-corrected chi connectivity index (χ1v) is 9.55. The number of carbonyl (C=O) groups excluding carboxylic acids is 3. The molecule has 0 unspecified atom stereocenters. The van der Waals surface area contributed by atoms with E-state index in [1.54, 1.807) is 4.90 Å². The molecule has 0 spiro atoms. The second-order valence-corrected chi connectivity index (χ2v) is 6.74. The molecule has 0 radical (unpaired) electrons. The fourth-order valence-electron chi connectivity index (χ4n) is 3.10. The lowest BCUT2D eigenvalue weighted by Crippen LogP contribution is -2.44. The van der Waals surface area contributed by atoms with Gasteiger partial charge in [-0.1, -0.05) is 24.6 Å². The molecule has 1 aliphatic heterocycles. The van der Waals surface area contributed by atoms with E-state index >= 15 is 0 Å². The van der Waals surface area contributed by atoms with Crippen molar-refractivity contribution in [3.05, 3.63) is 30.3 Å². The second kappa shape index (κ2) is 11.2. The normalized spacial score (nSPS) is 14.5. The molecule has 0 saturated carbocycles. The molecule has 0 aromatic heterocycles. The molecule has 1 fully saturated rings. The Morgan fingerprint density at radius 1 is 1.07 bits per heavy atom. The number of piperidine rings is 1. The van der Waals surface area contributed by atoms with Gasteiger partial charge in [0.2, 0.25) is 5.91 Å². The molecule has 0 atom stereocenters. The predicted octanol–water partition coefficient (Wildman–Crippen LogP) is 2.78. The lowest BCUT2D eigenvalue weighted by atomic mass is 9.96. The van der Waals surface area contributed by atoms with Gasteiger partial charge in [-0.2, -0.15) is 0 Å². The van der Waals surface area contributed by atoms with E-state index in [1.807, 2.05) is 30.3 Å². The summed E-state index contributed by atoms with van der Waals surface area (Å²) in [7, 11) is 1.39. The van der Waals surface area contributed by atoms with Crippen LogP contribution in [0.3, 0.4) is 0 Å². The Labute approximate surface area is 160 Å². The van der Waals surface area contributed by atoms with Crippen molar-refractivity contribution >= 4 is 23.6 Å². The van der Waals surface area contributed by atoms with Gasteiger partial charge in [-0.05, 0) is 37.8 Å². The number of nitrogens with one attached hydrogen (secondary N) is 2. The van der Waals surface area contributed by atoms with Crippen LogP contribution < -0.4 is 10.6 Å². The minimum Gasteiger partial charge on any atom is -0.469 e. The van der Waals surface area contributed by atoms with Crippen LogP contribution in [0.2, 0.25) is 0 Å². The predicted molar refractivity (Wildman–Crippen MR) is 103 cm³/mol. The minimum atomic E-state index is -0.193. The van der Waals surface area contributed by atoms with Gasteiger partial charge in [-0.3, -0.25) is 9.59 Å². The SMILES string of the molecule is COC(=O)CCCCCNC(=O)C1CCN(C(=O)Nc2ccccc2)CC1. The molecule has 0 aliphatic carbocycles. The first-order valence-electron chi connectivity index (χ1n) is 9.55. The maximum Gasteiger partial charge on any atom is 0.321 e. The largest absolute Gasteiger partial charge is 0.469 e. The number of esters is 1. The van der Waals surface area contributed by atoms with E-state index < -0.39 is 0 Å². The van der Waals surface area contributed by atoms with E-state index in [1.165, 1.54) is 7.11 Å². The molecule has 1 saturated heterocycles. The lowest BCUT2D eigenvalue weighted by Gasteiger charge is -2.31. The summed E-state index contributed by atoms with van der Waals surface area (Å²) in [5.74, 6) is -0.172. The Morgan fingerprint density at radius 2 is 1.78 bits per heavy atom. The topological polar surface area (TPSA) is 87.7 Å². The van der Waals surface area contributed by atoms with E-state index in [0.29, 0.717) is 38.9 Å². The summed E-state index contributed by atoms with van der Waals surface area (Å²) < 4.78 is 4.59. The summed E-state index contributed by atoms with van der Waals surface area (Å²) >= 11 is 0. The maximum absolute atomic E-state index is 12.3. The average Bonchev–Trinajstić information content (AvgIpc) is 2.71. The van der Waals surface area contributed by atoms with Crippen LogP contribution in [0.15, 0.2) is 30.3 Å². The summed E-state index contributed by atoms with van der Waals surface area (Å²) in [5, 5.41) is 5.84. The lowest BCUT2D eigenvalue weighted by molar-refractivity contribution is -0.140. The van der Waals surface area contributed by atoms with Gasteiger partial charge in [0.15, 0.2) is 0 Å². The van der Waals surface area contributed by atoms with E-state index in [2.05, 4.69) is 15.4 Å². The maximum atomic E-state index is 12.3. The Morgan fingerprint density at radius 3 is 2.44 bits per heavy atom. The van der Waals surface area contributed by atoms with Gasteiger partial charge in [0, 0.05) is 37.7 Å². The molecule has 27 heavy (non-hydrogen) atoms. The molecule has 2 N–H and O–H groups in total. The zero-order valence-electron chi connectivity index (χ0n) is 15.9. The third kappa shape index (κ3) is 7.29. The molecule has 0 bridgehead atoms. The standard InChI is InChI=1S/C20H29N3O4/c1-27-18(24)10-6-3-7-13-21-19(25)16-11-14-23(15-12-16)20(26)22-17-8-4-2-5-9-17/h2,4-5,8-9,16H,3,6-7,10-15H2,1H3,(H,21,25)(H,22,26). The first kappa shape index (κ1) is 20.7. The number of urea groups is 1. The summed E-state index contributed by atoms with van der Waals surface area (Å²) in [4.78, 5) is 37.3. The molecule has 7 heteroatoms. The fourth-order valence-corrected chi connectivity index (χ4v) is 3.10. The van der Waals surface area contributed by atoms with Crippen molar-refractivity contribution in [1.82, 2.24) is 10.2 Å². The molecule has 3 amide bonds. The fraction of sp³-hybridized carbons (Fsp3) is 0.550. The van der Waals surface area contributed by atoms with Crippen LogP contribution in [0.25, 0.3) is 0 Å². The number of hydrogen-bond donors (Lipinski definition) is 2. The van der Waals surface area contributed by atoms with Gasteiger partial charge in [0.1, 0.15) is 0 Å². The highest BCUT2D eigenvalue weighted by Crippen LogP contribution is 2.18. The van der Waals surface area contributed by atoms with Gasteiger partial charge in [-0.25, -0.2) is 4.79 Å². The zero-order valence-corrected chi connectivity index (χ0v) is 15.9. The van der Waals surface area contributed by atoms with Gasteiger partial charge < -0.3 is 20.3 Å². The molecule has 2 rings (SSSR count). The van der Waals surface area contributed by atoms with Crippen LogP contribution in [-0.4, -0.2) is 49.6 Å². The number of hydrogen-bond acceptors (Lipinski definition) is 4.